The number of benzene rings is 1. The Morgan fingerprint density at radius 1 is 1.20 bits per heavy atom. The van der Waals surface area contributed by atoms with Crippen LogP contribution in [0.25, 0.3) is 0 Å². The fourth-order valence-corrected chi connectivity index (χ4v) is 3.86. The molecule has 2 nitrogen and oxygen atoms in total. The van der Waals surface area contributed by atoms with Crippen molar-refractivity contribution < 1.29 is 0 Å². The van der Waals surface area contributed by atoms with Crippen molar-refractivity contribution in [3.8, 4) is 0 Å². The monoisotopic (exact) mass is 274 g/mol. The van der Waals surface area contributed by atoms with Crippen molar-refractivity contribution in [2.24, 2.45) is 0 Å². The van der Waals surface area contributed by atoms with Crippen LogP contribution in [0, 0.1) is 0 Å². The summed E-state index contributed by atoms with van der Waals surface area (Å²) in [4.78, 5) is 2.75. The number of nitrogens with zero attached hydrogens (tertiary/aromatic N) is 1. The van der Waals surface area contributed by atoms with Crippen molar-refractivity contribution in [1.82, 2.24) is 10.2 Å². The van der Waals surface area contributed by atoms with Crippen molar-refractivity contribution in [2.75, 3.05) is 6.54 Å². The van der Waals surface area contributed by atoms with Gasteiger partial charge in [-0.3, -0.25) is 4.90 Å². The first-order chi connectivity index (χ1) is 9.69. The summed E-state index contributed by atoms with van der Waals surface area (Å²) in [6.45, 7) is 10.3. The standard InChI is InChI=1S/C18H30N2/c1-5-17-13-12-14(3)20(17)15(4)18(19-6-2)16-10-8-7-9-11-16/h7-11,14-15,17-19H,5-6,12-13H2,1-4H3. The predicted octanol–water partition coefficient (Wildman–Crippen LogP) is 3.99. The first-order valence-electron chi connectivity index (χ1n) is 8.24. The van der Waals surface area contributed by atoms with Crippen LogP contribution in [-0.2, 0) is 0 Å². The van der Waals surface area contributed by atoms with Crippen molar-refractivity contribution >= 4 is 0 Å². The smallest absolute Gasteiger partial charge is 0.0475 e. The molecule has 0 spiro atoms. The van der Waals surface area contributed by atoms with Gasteiger partial charge in [0.2, 0.25) is 0 Å². The zero-order valence-corrected chi connectivity index (χ0v) is 13.5. The first-order valence-corrected chi connectivity index (χ1v) is 8.24. The molecule has 0 bridgehead atoms. The van der Waals surface area contributed by atoms with E-state index in [1.54, 1.807) is 0 Å². The lowest BCUT2D eigenvalue weighted by Crippen LogP contribution is -2.48. The number of nitrogens with one attached hydrogen (secondary N) is 1. The topological polar surface area (TPSA) is 15.3 Å². The van der Waals surface area contributed by atoms with Gasteiger partial charge in [-0.2, -0.15) is 0 Å². The summed E-state index contributed by atoms with van der Waals surface area (Å²) in [6.07, 6.45) is 3.97. The van der Waals surface area contributed by atoms with E-state index >= 15 is 0 Å². The Balaban J connectivity index is 2.20. The average molecular weight is 274 g/mol. The van der Waals surface area contributed by atoms with Crippen LogP contribution in [0.4, 0.5) is 0 Å². The fourth-order valence-electron chi connectivity index (χ4n) is 3.86. The molecule has 4 unspecified atom stereocenters. The minimum atomic E-state index is 0.427. The second-order valence-electron chi connectivity index (χ2n) is 6.12. The number of hydrogen-bond acceptors (Lipinski definition) is 2. The lowest BCUT2D eigenvalue weighted by Gasteiger charge is -2.39. The molecular formula is C18H30N2. The Morgan fingerprint density at radius 3 is 2.50 bits per heavy atom. The Kier molecular flexibility index (Phi) is 5.62. The summed E-state index contributed by atoms with van der Waals surface area (Å²) >= 11 is 0. The average Bonchev–Trinajstić information content (AvgIpc) is 2.86. The highest BCUT2D eigenvalue weighted by Crippen LogP contribution is 2.33. The SMILES string of the molecule is CCNC(c1ccccc1)C(C)N1C(C)CCC1CC. The van der Waals surface area contributed by atoms with Gasteiger partial charge in [0, 0.05) is 24.2 Å². The highest BCUT2D eigenvalue weighted by atomic mass is 15.2. The second-order valence-corrected chi connectivity index (χ2v) is 6.12. The summed E-state index contributed by atoms with van der Waals surface area (Å²) in [5, 5.41) is 3.70. The maximum atomic E-state index is 3.70. The molecular weight excluding hydrogens is 244 g/mol. The van der Waals surface area contributed by atoms with E-state index in [1.807, 2.05) is 0 Å². The van der Waals surface area contributed by atoms with Gasteiger partial charge in [-0.05, 0) is 45.2 Å². The highest BCUT2D eigenvalue weighted by molar-refractivity contribution is 5.21. The van der Waals surface area contributed by atoms with Crippen molar-refractivity contribution in [3.05, 3.63) is 35.9 Å². The molecule has 112 valence electrons. The van der Waals surface area contributed by atoms with Crippen molar-refractivity contribution in [3.63, 3.8) is 0 Å². The second kappa shape index (κ2) is 7.24. The van der Waals surface area contributed by atoms with Crippen molar-refractivity contribution in [2.45, 2.75) is 71.1 Å². The molecule has 20 heavy (non-hydrogen) atoms. The Morgan fingerprint density at radius 2 is 1.90 bits per heavy atom. The quantitative estimate of drug-likeness (QED) is 0.844. The third-order valence-electron chi connectivity index (χ3n) is 4.85. The van der Waals surface area contributed by atoms with Crippen LogP contribution in [-0.4, -0.2) is 29.6 Å². The van der Waals surface area contributed by atoms with Gasteiger partial charge >= 0.3 is 0 Å². The lowest BCUT2D eigenvalue weighted by atomic mass is 9.97. The largest absolute Gasteiger partial charge is 0.309 e. The molecule has 1 saturated heterocycles. The number of likely N-dealkylation sites (tertiary alicyclic amines) is 1. The van der Waals surface area contributed by atoms with Gasteiger partial charge in [-0.15, -0.1) is 0 Å². The summed E-state index contributed by atoms with van der Waals surface area (Å²) in [6, 6.07) is 13.3. The summed E-state index contributed by atoms with van der Waals surface area (Å²) in [5.41, 5.74) is 1.41. The number of hydrogen-bond donors (Lipinski definition) is 1. The molecule has 1 fully saturated rings. The van der Waals surface area contributed by atoms with E-state index in [4.69, 9.17) is 0 Å². The molecule has 2 heteroatoms. The predicted molar refractivity (Wildman–Crippen MR) is 86.9 cm³/mol. The van der Waals surface area contributed by atoms with E-state index in [0.717, 1.165) is 12.6 Å². The molecule has 0 saturated carbocycles. The minimum absolute atomic E-state index is 0.427. The summed E-state index contributed by atoms with van der Waals surface area (Å²) in [5.74, 6) is 0. The molecule has 1 N–H and O–H groups in total. The summed E-state index contributed by atoms with van der Waals surface area (Å²) in [7, 11) is 0. The van der Waals surface area contributed by atoms with Gasteiger partial charge < -0.3 is 5.32 Å². The van der Waals surface area contributed by atoms with Crippen LogP contribution < -0.4 is 5.32 Å². The van der Waals surface area contributed by atoms with Gasteiger partial charge in [0.25, 0.3) is 0 Å². The molecule has 1 aromatic rings. The molecule has 4 atom stereocenters. The molecule has 2 rings (SSSR count). The minimum Gasteiger partial charge on any atom is -0.309 e. The summed E-state index contributed by atoms with van der Waals surface area (Å²) < 4.78 is 0. The third kappa shape index (κ3) is 3.24. The first kappa shape index (κ1) is 15.5. The fraction of sp³-hybridized carbons (Fsp3) is 0.667. The zero-order valence-electron chi connectivity index (χ0n) is 13.5. The van der Waals surface area contributed by atoms with Gasteiger partial charge in [-0.1, -0.05) is 44.2 Å². The molecule has 0 aliphatic carbocycles. The highest BCUT2D eigenvalue weighted by Gasteiger charge is 2.36. The molecule has 0 aromatic heterocycles. The Labute approximate surface area is 124 Å². The number of likely N-dealkylation sites (N-methyl/N-ethyl adjacent to an activating group) is 1. The maximum Gasteiger partial charge on any atom is 0.0475 e. The lowest BCUT2D eigenvalue weighted by molar-refractivity contribution is 0.114. The van der Waals surface area contributed by atoms with Crippen LogP contribution in [0.5, 0.6) is 0 Å². The molecule has 1 aromatic carbocycles. The van der Waals surface area contributed by atoms with Crippen LogP contribution in [0.15, 0.2) is 30.3 Å². The normalized spacial score (nSPS) is 26.6. The number of rotatable bonds is 6. The molecule has 1 heterocycles. The molecule has 1 aliphatic rings. The van der Waals surface area contributed by atoms with Gasteiger partial charge in [-0.25, -0.2) is 0 Å². The van der Waals surface area contributed by atoms with Gasteiger partial charge in [0.05, 0.1) is 0 Å². The molecule has 0 amide bonds. The van der Waals surface area contributed by atoms with E-state index in [9.17, 15) is 0 Å². The maximum absolute atomic E-state index is 3.70. The van der Waals surface area contributed by atoms with Crippen LogP contribution in [0.2, 0.25) is 0 Å². The van der Waals surface area contributed by atoms with Gasteiger partial charge in [0.1, 0.15) is 0 Å². The van der Waals surface area contributed by atoms with Crippen LogP contribution in [0.3, 0.4) is 0 Å². The van der Waals surface area contributed by atoms with Gasteiger partial charge in [0.15, 0.2) is 0 Å². The van der Waals surface area contributed by atoms with E-state index in [1.165, 1.54) is 24.8 Å². The molecule has 0 radical (unpaired) electrons. The molecule has 1 aliphatic heterocycles. The van der Waals surface area contributed by atoms with Crippen LogP contribution >= 0.6 is 0 Å². The Bertz CT molecular complexity index is 390. The van der Waals surface area contributed by atoms with E-state index in [2.05, 4.69) is 68.2 Å². The third-order valence-corrected chi connectivity index (χ3v) is 4.85. The Hall–Kier alpha value is -0.860. The van der Waals surface area contributed by atoms with E-state index in [-0.39, 0.29) is 0 Å². The van der Waals surface area contributed by atoms with E-state index < -0.39 is 0 Å². The van der Waals surface area contributed by atoms with E-state index in [0.29, 0.717) is 18.1 Å². The zero-order chi connectivity index (χ0) is 14.5. The van der Waals surface area contributed by atoms with Crippen molar-refractivity contribution in [1.29, 1.82) is 0 Å². The van der Waals surface area contributed by atoms with Crippen LogP contribution in [0.1, 0.15) is 58.6 Å².